The lowest BCUT2D eigenvalue weighted by atomic mass is 9.82. The molecule has 2 nitrogen and oxygen atoms in total. The van der Waals surface area contributed by atoms with Gasteiger partial charge in [-0.05, 0) is 57.5 Å². The first-order valence-corrected chi connectivity index (χ1v) is 8.53. The van der Waals surface area contributed by atoms with Crippen LogP contribution < -0.4 is 0 Å². The number of allylic oxidation sites excluding steroid dienone is 2. The number of Topliss-reactive ketones (excluding diaryl/α,β-unsaturated/α-hetero) is 1. The van der Waals surface area contributed by atoms with E-state index >= 15 is 0 Å². The molecule has 0 bridgehead atoms. The molecule has 2 heteroatoms. The first-order valence-electron chi connectivity index (χ1n) is 8.53. The number of ketones is 1. The van der Waals surface area contributed by atoms with Crippen LogP contribution in [0.2, 0.25) is 0 Å². The van der Waals surface area contributed by atoms with E-state index < -0.39 is 0 Å². The molecule has 0 aliphatic heterocycles. The highest BCUT2D eigenvalue weighted by Crippen LogP contribution is 2.34. The van der Waals surface area contributed by atoms with Crippen molar-refractivity contribution in [2.45, 2.75) is 33.2 Å². The molecule has 24 heavy (non-hydrogen) atoms. The van der Waals surface area contributed by atoms with Crippen molar-refractivity contribution >= 4 is 11.4 Å². The summed E-state index contributed by atoms with van der Waals surface area (Å²) in [7, 11) is 4.10. The number of carbonyl (C=O) groups excluding carboxylic acids is 1. The molecule has 2 aromatic carbocycles. The Balaban J connectivity index is 1.95. The molecular formula is C22H25NO. The number of rotatable bonds is 4. The Kier molecular flexibility index (Phi) is 4.68. The summed E-state index contributed by atoms with van der Waals surface area (Å²) < 4.78 is 0. The lowest BCUT2D eigenvalue weighted by molar-refractivity contribution is 0.105. The summed E-state index contributed by atoms with van der Waals surface area (Å²) in [5.74, 6) is 0.147. The van der Waals surface area contributed by atoms with E-state index in [4.69, 9.17) is 0 Å². The zero-order chi connectivity index (χ0) is 17.3. The molecule has 124 valence electrons. The Morgan fingerprint density at radius 3 is 2.38 bits per heavy atom. The van der Waals surface area contributed by atoms with E-state index in [1.807, 2.05) is 26.2 Å². The quantitative estimate of drug-likeness (QED) is 0.764. The molecule has 1 aliphatic rings. The lowest BCUT2D eigenvalue weighted by Crippen LogP contribution is -2.13. The predicted molar refractivity (Wildman–Crippen MR) is 100 cm³/mol. The predicted octanol–water partition coefficient (Wildman–Crippen LogP) is 4.66. The zero-order valence-corrected chi connectivity index (χ0v) is 15.0. The van der Waals surface area contributed by atoms with Gasteiger partial charge in [-0.3, -0.25) is 4.79 Å². The standard InChI is InChI=1S/C22H25NO/c1-15-5-12-20-19(13-15)9-6-16(2)21(20)22(24)18-10-7-17(8-11-18)14-23(3)4/h5,7-8,10-13H,6,9,14H2,1-4H3. The van der Waals surface area contributed by atoms with Gasteiger partial charge in [0.05, 0.1) is 0 Å². The highest BCUT2D eigenvalue weighted by molar-refractivity contribution is 6.30. The van der Waals surface area contributed by atoms with Crippen LogP contribution in [0.1, 0.15) is 46.0 Å². The number of fused-ring (bicyclic) bond motifs is 1. The van der Waals surface area contributed by atoms with Crippen molar-refractivity contribution in [2.24, 2.45) is 0 Å². The van der Waals surface area contributed by atoms with Crippen LogP contribution in [0.4, 0.5) is 0 Å². The second-order valence-corrected chi connectivity index (χ2v) is 7.08. The second-order valence-electron chi connectivity index (χ2n) is 7.08. The largest absolute Gasteiger partial charge is 0.305 e. The number of benzene rings is 2. The molecule has 0 spiro atoms. The number of hydrogen-bond acceptors (Lipinski definition) is 2. The fourth-order valence-corrected chi connectivity index (χ4v) is 3.44. The third-order valence-corrected chi connectivity index (χ3v) is 4.67. The number of hydrogen-bond donors (Lipinski definition) is 0. The highest BCUT2D eigenvalue weighted by atomic mass is 16.1. The normalized spacial score (nSPS) is 14.0. The van der Waals surface area contributed by atoms with Crippen LogP contribution in [-0.2, 0) is 13.0 Å². The molecule has 0 N–H and O–H groups in total. The maximum Gasteiger partial charge on any atom is 0.193 e. The molecule has 0 saturated carbocycles. The Hall–Kier alpha value is -2.19. The first kappa shape index (κ1) is 16.7. The highest BCUT2D eigenvalue weighted by Gasteiger charge is 2.23. The van der Waals surface area contributed by atoms with Crippen LogP contribution in [0.5, 0.6) is 0 Å². The molecule has 0 aromatic heterocycles. The molecule has 0 unspecified atom stereocenters. The van der Waals surface area contributed by atoms with E-state index in [-0.39, 0.29) is 5.78 Å². The van der Waals surface area contributed by atoms with Crippen LogP contribution in [0.15, 0.2) is 48.0 Å². The molecule has 0 fully saturated rings. The van der Waals surface area contributed by atoms with E-state index in [0.29, 0.717) is 0 Å². The van der Waals surface area contributed by atoms with Crippen molar-refractivity contribution in [2.75, 3.05) is 14.1 Å². The summed E-state index contributed by atoms with van der Waals surface area (Å²) in [6.07, 6.45) is 2.00. The van der Waals surface area contributed by atoms with Gasteiger partial charge in [0.25, 0.3) is 0 Å². The molecule has 2 aromatic rings. The molecule has 1 aliphatic carbocycles. The third-order valence-electron chi connectivity index (χ3n) is 4.67. The maximum absolute atomic E-state index is 13.1. The van der Waals surface area contributed by atoms with E-state index in [1.165, 1.54) is 22.3 Å². The van der Waals surface area contributed by atoms with Gasteiger partial charge in [0, 0.05) is 17.7 Å². The van der Waals surface area contributed by atoms with Crippen molar-refractivity contribution in [1.82, 2.24) is 4.90 Å². The van der Waals surface area contributed by atoms with Crippen LogP contribution in [0.25, 0.3) is 5.57 Å². The molecule has 0 atom stereocenters. The molecule has 0 amide bonds. The van der Waals surface area contributed by atoms with Crippen molar-refractivity contribution < 1.29 is 4.79 Å². The Morgan fingerprint density at radius 2 is 1.71 bits per heavy atom. The zero-order valence-electron chi connectivity index (χ0n) is 15.0. The van der Waals surface area contributed by atoms with E-state index in [9.17, 15) is 4.79 Å². The number of nitrogens with zero attached hydrogens (tertiary/aromatic N) is 1. The fourth-order valence-electron chi connectivity index (χ4n) is 3.44. The lowest BCUT2D eigenvalue weighted by Gasteiger charge is -2.21. The minimum Gasteiger partial charge on any atom is -0.305 e. The summed E-state index contributed by atoms with van der Waals surface area (Å²) in [4.78, 5) is 15.3. The minimum atomic E-state index is 0.147. The van der Waals surface area contributed by atoms with Crippen LogP contribution in [0, 0.1) is 6.92 Å². The van der Waals surface area contributed by atoms with Crippen LogP contribution >= 0.6 is 0 Å². The summed E-state index contributed by atoms with van der Waals surface area (Å²) >= 11 is 0. The van der Waals surface area contributed by atoms with Gasteiger partial charge in [0.1, 0.15) is 0 Å². The van der Waals surface area contributed by atoms with Gasteiger partial charge in [0.15, 0.2) is 5.78 Å². The summed E-state index contributed by atoms with van der Waals surface area (Å²) in [5, 5.41) is 0. The number of aryl methyl sites for hydroxylation is 2. The molecule has 0 radical (unpaired) electrons. The topological polar surface area (TPSA) is 20.3 Å². The average Bonchev–Trinajstić information content (AvgIpc) is 2.54. The molecule has 0 saturated heterocycles. The summed E-state index contributed by atoms with van der Waals surface area (Å²) in [6, 6.07) is 14.5. The van der Waals surface area contributed by atoms with Crippen molar-refractivity contribution in [3.63, 3.8) is 0 Å². The Labute approximate surface area is 144 Å². The Morgan fingerprint density at radius 1 is 1.00 bits per heavy atom. The monoisotopic (exact) mass is 319 g/mol. The van der Waals surface area contributed by atoms with Gasteiger partial charge >= 0.3 is 0 Å². The van der Waals surface area contributed by atoms with Gasteiger partial charge in [0.2, 0.25) is 0 Å². The summed E-state index contributed by atoms with van der Waals surface area (Å²) in [5.41, 5.74) is 7.78. The van der Waals surface area contributed by atoms with E-state index in [1.54, 1.807) is 0 Å². The third kappa shape index (κ3) is 3.34. The maximum atomic E-state index is 13.1. The van der Waals surface area contributed by atoms with Gasteiger partial charge in [-0.25, -0.2) is 0 Å². The second kappa shape index (κ2) is 6.74. The van der Waals surface area contributed by atoms with Gasteiger partial charge in [-0.1, -0.05) is 53.6 Å². The van der Waals surface area contributed by atoms with E-state index in [0.717, 1.165) is 36.1 Å². The van der Waals surface area contributed by atoms with Gasteiger partial charge in [-0.15, -0.1) is 0 Å². The van der Waals surface area contributed by atoms with Crippen LogP contribution in [0.3, 0.4) is 0 Å². The molecular weight excluding hydrogens is 294 g/mol. The van der Waals surface area contributed by atoms with Gasteiger partial charge < -0.3 is 4.90 Å². The minimum absolute atomic E-state index is 0.147. The molecule has 0 heterocycles. The van der Waals surface area contributed by atoms with Crippen molar-refractivity contribution in [1.29, 1.82) is 0 Å². The molecule has 3 rings (SSSR count). The van der Waals surface area contributed by atoms with E-state index in [2.05, 4.69) is 49.1 Å². The smallest absolute Gasteiger partial charge is 0.193 e. The Bertz CT molecular complexity index is 797. The van der Waals surface area contributed by atoms with Crippen molar-refractivity contribution in [3.05, 3.63) is 75.9 Å². The average molecular weight is 319 g/mol. The number of carbonyl (C=O) groups is 1. The van der Waals surface area contributed by atoms with Gasteiger partial charge in [-0.2, -0.15) is 0 Å². The SMILES string of the molecule is CC1=C(C(=O)c2ccc(CN(C)C)cc2)c2ccc(C)cc2CC1. The fraction of sp³-hybridized carbons (Fsp3) is 0.318. The first-order chi connectivity index (χ1) is 11.5. The van der Waals surface area contributed by atoms with Crippen LogP contribution in [-0.4, -0.2) is 24.8 Å². The van der Waals surface area contributed by atoms with Crippen molar-refractivity contribution in [3.8, 4) is 0 Å². The summed E-state index contributed by atoms with van der Waals surface area (Å²) in [6.45, 7) is 5.09.